The summed E-state index contributed by atoms with van der Waals surface area (Å²) in [6.07, 6.45) is 5.63. The molecule has 1 aliphatic rings. The van der Waals surface area contributed by atoms with E-state index in [-0.39, 0.29) is 11.5 Å². The van der Waals surface area contributed by atoms with E-state index >= 15 is 0 Å². The molecule has 0 unspecified atom stereocenters. The fourth-order valence-corrected chi connectivity index (χ4v) is 3.78. The molecule has 2 aromatic heterocycles. The normalized spacial score (nSPS) is 15.5. The number of fused-ring (bicyclic) bond motifs is 2. The van der Waals surface area contributed by atoms with E-state index in [1.807, 2.05) is 38.4 Å². The zero-order chi connectivity index (χ0) is 18.6. The summed E-state index contributed by atoms with van der Waals surface area (Å²) in [5.41, 5.74) is 3.32. The minimum Gasteiger partial charge on any atom is -0.369 e. The first kappa shape index (κ1) is 16.8. The zero-order valence-electron chi connectivity index (χ0n) is 15.1. The topological polar surface area (TPSA) is 78.9 Å². The summed E-state index contributed by atoms with van der Waals surface area (Å²) in [4.78, 5) is 28.8. The van der Waals surface area contributed by atoms with Crippen LogP contribution in [0.3, 0.4) is 0 Å². The highest BCUT2D eigenvalue weighted by Crippen LogP contribution is 2.43. The van der Waals surface area contributed by atoms with E-state index in [4.69, 9.17) is 0 Å². The predicted molar refractivity (Wildman–Crippen MR) is 107 cm³/mol. The number of rotatable bonds is 2. The number of nitrogens with one attached hydrogen (secondary N) is 3. The Morgan fingerprint density at radius 3 is 2.65 bits per heavy atom. The molecule has 0 saturated heterocycles. The van der Waals surface area contributed by atoms with Gasteiger partial charge in [0, 0.05) is 40.8 Å². The van der Waals surface area contributed by atoms with Gasteiger partial charge in [-0.1, -0.05) is 0 Å². The third kappa shape index (κ3) is 2.42. The van der Waals surface area contributed by atoms with Crippen molar-refractivity contribution in [3.05, 3.63) is 40.9 Å². The number of carbonyl (C=O) groups is 1. The Labute approximate surface area is 155 Å². The molecule has 134 valence electrons. The fraction of sp³-hybridized carbons (Fsp3) is 0.263. The van der Waals surface area contributed by atoms with Gasteiger partial charge in [0.1, 0.15) is 11.1 Å². The van der Waals surface area contributed by atoms with Crippen LogP contribution in [-0.4, -0.2) is 27.3 Å². The van der Waals surface area contributed by atoms with Gasteiger partial charge < -0.3 is 20.2 Å². The van der Waals surface area contributed by atoms with Gasteiger partial charge in [-0.2, -0.15) is 0 Å². The standard InChI is InChI=1S/C19H20N4O2S/c1-19(2)18(25)21-14-8-10(26-4)7-12(15(14)22-19)13-9-23(3)17(24)16-11(13)5-6-20-16/h5-9,20,22H,1-4H3,(H,21,25). The number of aromatic nitrogens is 2. The fourth-order valence-electron chi connectivity index (χ4n) is 3.31. The molecule has 3 aromatic rings. The van der Waals surface area contributed by atoms with Gasteiger partial charge in [0.15, 0.2) is 0 Å². The molecule has 0 bridgehead atoms. The highest BCUT2D eigenvalue weighted by atomic mass is 32.2. The van der Waals surface area contributed by atoms with Crippen LogP contribution in [0.5, 0.6) is 0 Å². The van der Waals surface area contributed by atoms with Crippen molar-refractivity contribution in [1.82, 2.24) is 9.55 Å². The Kier molecular flexibility index (Phi) is 3.66. The average Bonchev–Trinajstić information content (AvgIpc) is 3.08. The van der Waals surface area contributed by atoms with Crippen LogP contribution in [0.25, 0.3) is 22.0 Å². The lowest BCUT2D eigenvalue weighted by molar-refractivity contribution is -0.119. The molecule has 1 amide bonds. The van der Waals surface area contributed by atoms with Gasteiger partial charge >= 0.3 is 0 Å². The van der Waals surface area contributed by atoms with Crippen molar-refractivity contribution in [2.75, 3.05) is 16.9 Å². The highest BCUT2D eigenvalue weighted by Gasteiger charge is 2.34. The number of anilines is 2. The second-order valence-electron chi connectivity index (χ2n) is 7.03. The number of amides is 1. The van der Waals surface area contributed by atoms with E-state index in [1.165, 1.54) is 0 Å². The summed E-state index contributed by atoms with van der Waals surface area (Å²) in [6.45, 7) is 3.70. The summed E-state index contributed by atoms with van der Waals surface area (Å²) in [5, 5.41) is 7.25. The van der Waals surface area contributed by atoms with Crippen LogP contribution in [0, 0.1) is 0 Å². The summed E-state index contributed by atoms with van der Waals surface area (Å²) < 4.78 is 1.58. The SMILES string of the molecule is CSc1cc2c(c(-c3cn(C)c(=O)c4[nH]ccc34)c1)NC(C)(C)C(=O)N2. The number of nitrogens with zero attached hydrogens (tertiary/aromatic N) is 1. The molecule has 0 aliphatic carbocycles. The monoisotopic (exact) mass is 368 g/mol. The van der Waals surface area contributed by atoms with Crippen molar-refractivity contribution in [1.29, 1.82) is 0 Å². The van der Waals surface area contributed by atoms with Gasteiger partial charge in [-0.3, -0.25) is 9.59 Å². The minimum absolute atomic E-state index is 0.0646. The second-order valence-corrected chi connectivity index (χ2v) is 7.91. The molecule has 0 saturated carbocycles. The maximum absolute atomic E-state index is 12.4. The summed E-state index contributed by atoms with van der Waals surface area (Å²) in [5.74, 6) is -0.0681. The number of aryl methyl sites for hydroxylation is 1. The third-order valence-electron chi connectivity index (χ3n) is 4.79. The van der Waals surface area contributed by atoms with E-state index in [0.29, 0.717) is 5.52 Å². The van der Waals surface area contributed by atoms with Crippen LogP contribution in [0.15, 0.2) is 40.3 Å². The van der Waals surface area contributed by atoms with E-state index in [1.54, 1.807) is 29.6 Å². The van der Waals surface area contributed by atoms with Gasteiger partial charge in [-0.25, -0.2) is 0 Å². The van der Waals surface area contributed by atoms with Crippen molar-refractivity contribution in [2.45, 2.75) is 24.3 Å². The second kappa shape index (κ2) is 5.67. The quantitative estimate of drug-likeness (QED) is 0.606. The van der Waals surface area contributed by atoms with Gasteiger partial charge in [-0.15, -0.1) is 11.8 Å². The number of hydrogen-bond acceptors (Lipinski definition) is 4. The van der Waals surface area contributed by atoms with E-state index in [9.17, 15) is 9.59 Å². The molecule has 3 N–H and O–H groups in total. The largest absolute Gasteiger partial charge is 0.369 e. The number of pyridine rings is 1. The lowest BCUT2D eigenvalue weighted by Crippen LogP contribution is -2.47. The van der Waals surface area contributed by atoms with Crippen molar-refractivity contribution in [2.24, 2.45) is 7.05 Å². The number of hydrogen-bond donors (Lipinski definition) is 3. The molecule has 3 heterocycles. The molecular weight excluding hydrogens is 348 g/mol. The number of aromatic amines is 1. The molecule has 7 heteroatoms. The Morgan fingerprint density at radius 2 is 1.92 bits per heavy atom. The molecule has 0 spiro atoms. The lowest BCUT2D eigenvalue weighted by atomic mass is 9.94. The Bertz CT molecular complexity index is 1110. The first-order valence-corrected chi connectivity index (χ1v) is 9.53. The number of carbonyl (C=O) groups excluding carboxylic acids is 1. The van der Waals surface area contributed by atoms with E-state index in [2.05, 4.69) is 21.7 Å². The average molecular weight is 368 g/mol. The molecule has 0 radical (unpaired) electrons. The van der Waals surface area contributed by atoms with Gasteiger partial charge in [0.05, 0.1) is 11.4 Å². The highest BCUT2D eigenvalue weighted by molar-refractivity contribution is 7.98. The maximum Gasteiger partial charge on any atom is 0.274 e. The smallest absolute Gasteiger partial charge is 0.274 e. The molecule has 1 aliphatic heterocycles. The Morgan fingerprint density at radius 1 is 1.15 bits per heavy atom. The van der Waals surface area contributed by atoms with Crippen LogP contribution in [-0.2, 0) is 11.8 Å². The van der Waals surface area contributed by atoms with E-state index in [0.717, 1.165) is 32.8 Å². The molecule has 1 aromatic carbocycles. The maximum atomic E-state index is 12.4. The first-order valence-electron chi connectivity index (χ1n) is 8.30. The van der Waals surface area contributed by atoms with Gasteiger partial charge in [0.25, 0.3) is 5.56 Å². The molecule has 6 nitrogen and oxygen atoms in total. The molecule has 0 atom stereocenters. The first-order chi connectivity index (χ1) is 12.3. The summed E-state index contributed by atoms with van der Waals surface area (Å²) in [6, 6.07) is 5.98. The van der Waals surface area contributed by atoms with Crippen molar-refractivity contribution >= 4 is 39.9 Å². The van der Waals surface area contributed by atoms with Crippen LogP contribution in [0.2, 0.25) is 0 Å². The van der Waals surface area contributed by atoms with Crippen molar-refractivity contribution in [3.8, 4) is 11.1 Å². The Hall–Kier alpha value is -2.67. The minimum atomic E-state index is -0.722. The Balaban J connectivity index is 2.06. The van der Waals surface area contributed by atoms with Gasteiger partial charge in [0.2, 0.25) is 5.91 Å². The molecule has 4 rings (SSSR count). The van der Waals surface area contributed by atoms with Crippen molar-refractivity contribution < 1.29 is 4.79 Å². The lowest BCUT2D eigenvalue weighted by Gasteiger charge is -2.34. The summed E-state index contributed by atoms with van der Waals surface area (Å²) >= 11 is 1.61. The van der Waals surface area contributed by atoms with Crippen molar-refractivity contribution in [3.63, 3.8) is 0 Å². The molecule has 26 heavy (non-hydrogen) atoms. The van der Waals surface area contributed by atoms with E-state index < -0.39 is 5.54 Å². The summed E-state index contributed by atoms with van der Waals surface area (Å²) in [7, 11) is 1.75. The van der Waals surface area contributed by atoms with Gasteiger partial charge in [-0.05, 0) is 38.3 Å². The predicted octanol–water partition coefficient (Wildman–Crippen LogP) is 3.40. The van der Waals surface area contributed by atoms with Crippen LogP contribution < -0.4 is 16.2 Å². The number of H-pyrrole nitrogens is 1. The van der Waals surface area contributed by atoms with Crippen LogP contribution in [0.1, 0.15) is 13.8 Å². The van der Waals surface area contributed by atoms with Crippen LogP contribution >= 0.6 is 11.8 Å². The third-order valence-corrected chi connectivity index (χ3v) is 5.49. The number of thioether (sulfide) groups is 1. The zero-order valence-corrected chi connectivity index (χ0v) is 15.9. The molecular formula is C19H20N4O2S. The van der Waals surface area contributed by atoms with Crippen LogP contribution in [0.4, 0.5) is 11.4 Å². The number of benzene rings is 1. The molecule has 0 fully saturated rings.